The Kier molecular flexibility index (Phi) is 2.63. The average Bonchev–Trinajstić information content (AvgIpc) is 2.23. The van der Waals surface area contributed by atoms with Crippen molar-refractivity contribution in [3.63, 3.8) is 0 Å². The Balaban J connectivity index is 2.12. The second kappa shape index (κ2) is 4.09. The van der Waals surface area contributed by atoms with Gasteiger partial charge >= 0.3 is 0 Å². The predicted molar refractivity (Wildman–Crippen MR) is 55.6 cm³/mol. The molecule has 1 aliphatic carbocycles. The molecule has 2 heteroatoms. The van der Waals surface area contributed by atoms with Gasteiger partial charge in [0.15, 0.2) is 0 Å². The third kappa shape index (κ3) is 2.02. The highest BCUT2D eigenvalue weighted by Gasteiger charge is 2.06. The quantitative estimate of drug-likeness (QED) is 0.708. The summed E-state index contributed by atoms with van der Waals surface area (Å²) >= 11 is 0. The Bertz CT molecular complexity index is 365. The van der Waals surface area contributed by atoms with E-state index in [1.54, 1.807) is 6.20 Å². The monoisotopic (exact) mass is 186 g/mol. The van der Waals surface area contributed by atoms with Crippen molar-refractivity contribution in [3.05, 3.63) is 54.3 Å². The van der Waals surface area contributed by atoms with Crippen molar-refractivity contribution >= 4 is 0 Å². The van der Waals surface area contributed by atoms with E-state index in [-0.39, 0.29) is 0 Å². The summed E-state index contributed by atoms with van der Waals surface area (Å²) in [4.78, 5) is 4.11. The topological polar surface area (TPSA) is 22.1 Å². The standard InChI is InChI=1S/C12H12NO/c1-10-6-2-3-7-11(10)14-12-8-4-5-9-13-12/h2,4-9H,3H2,1H3. The average molecular weight is 186 g/mol. The van der Waals surface area contributed by atoms with Crippen LogP contribution in [0.5, 0.6) is 5.88 Å². The highest BCUT2D eigenvalue weighted by atomic mass is 16.5. The minimum Gasteiger partial charge on any atom is -0.439 e. The third-order valence-corrected chi connectivity index (χ3v) is 2.05. The number of pyridine rings is 1. The maximum Gasteiger partial charge on any atom is 0.219 e. The van der Waals surface area contributed by atoms with Crippen LogP contribution in [0, 0.1) is 6.42 Å². The molecule has 2 rings (SSSR count). The Morgan fingerprint density at radius 3 is 3.00 bits per heavy atom. The zero-order valence-electron chi connectivity index (χ0n) is 8.10. The number of rotatable bonds is 2. The number of aromatic nitrogens is 1. The van der Waals surface area contributed by atoms with E-state index in [4.69, 9.17) is 4.74 Å². The maximum absolute atomic E-state index is 5.63. The van der Waals surface area contributed by atoms with Crippen LogP contribution < -0.4 is 4.74 Å². The minimum absolute atomic E-state index is 0.647. The Morgan fingerprint density at radius 1 is 1.36 bits per heavy atom. The first-order valence-electron chi connectivity index (χ1n) is 4.66. The van der Waals surface area contributed by atoms with E-state index in [1.165, 1.54) is 0 Å². The molecule has 0 spiro atoms. The van der Waals surface area contributed by atoms with Gasteiger partial charge in [0.2, 0.25) is 5.88 Å². The van der Waals surface area contributed by atoms with Gasteiger partial charge in [-0.1, -0.05) is 12.1 Å². The van der Waals surface area contributed by atoms with Crippen molar-refractivity contribution in [3.8, 4) is 5.88 Å². The van der Waals surface area contributed by atoms with Gasteiger partial charge in [-0.3, -0.25) is 0 Å². The van der Waals surface area contributed by atoms with Crippen LogP contribution in [0.15, 0.2) is 47.9 Å². The van der Waals surface area contributed by atoms with Crippen molar-refractivity contribution in [2.75, 3.05) is 0 Å². The number of ether oxygens (including phenoxy) is 1. The molecular weight excluding hydrogens is 174 g/mol. The predicted octanol–water partition coefficient (Wildman–Crippen LogP) is 2.90. The minimum atomic E-state index is 0.647. The molecule has 0 saturated heterocycles. The molecule has 0 atom stereocenters. The molecule has 0 aliphatic heterocycles. The molecule has 1 heterocycles. The van der Waals surface area contributed by atoms with Crippen molar-refractivity contribution in [1.29, 1.82) is 0 Å². The molecule has 0 N–H and O–H groups in total. The normalized spacial score (nSPS) is 15.8. The molecule has 0 unspecified atom stereocenters. The number of allylic oxidation sites excluding steroid dienone is 3. The van der Waals surface area contributed by atoms with Crippen LogP contribution in [0.25, 0.3) is 0 Å². The maximum atomic E-state index is 5.63. The van der Waals surface area contributed by atoms with Crippen molar-refractivity contribution < 1.29 is 4.74 Å². The first-order valence-corrected chi connectivity index (χ1v) is 4.66. The van der Waals surface area contributed by atoms with E-state index in [9.17, 15) is 0 Å². The molecule has 1 aromatic rings. The SMILES string of the molecule is CC1=C[CH]CC=C1Oc1ccccn1. The van der Waals surface area contributed by atoms with Crippen molar-refractivity contribution in [2.24, 2.45) is 0 Å². The summed E-state index contributed by atoms with van der Waals surface area (Å²) in [5, 5.41) is 0. The van der Waals surface area contributed by atoms with Gasteiger partial charge in [0, 0.05) is 12.3 Å². The summed E-state index contributed by atoms with van der Waals surface area (Å²) < 4.78 is 5.63. The number of nitrogens with zero attached hydrogens (tertiary/aromatic N) is 1. The molecular formula is C12H12NO. The first-order chi connectivity index (χ1) is 6.86. The van der Waals surface area contributed by atoms with E-state index in [0.717, 1.165) is 17.8 Å². The Morgan fingerprint density at radius 2 is 2.29 bits per heavy atom. The molecule has 1 aromatic heterocycles. The first kappa shape index (κ1) is 9.00. The van der Waals surface area contributed by atoms with E-state index in [1.807, 2.05) is 25.1 Å². The third-order valence-electron chi connectivity index (χ3n) is 2.05. The highest BCUT2D eigenvalue weighted by molar-refractivity contribution is 5.33. The molecule has 1 aliphatic rings. The fourth-order valence-electron chi connectivity index (χ4n) is 1.31. The van der Waals surface area contributed by atoms with Crippen LogP contribution in [0.4, 0.5) is 0 Å². The zero-order chi connectivity index (χ0) is 9.80. The van der Waals surface area contributed by atoms with Crippen molar-refractivity contribution in [2.45, 2.75) is 13.3 Å². The lowest BCUT2D eigenvalue weighted by atomic mass is 10.1. The molecule has 0 amide bonds. The van der Waals surface area contributed by atoms with Gasteiger partial charge in [-0.2, -0.15) is 0 Å². The highest BCUT2D eigenvalue weighted by Crippen LogP contribution is 2.20. The fourth-order valence-corrected chi connectivity index (χ4v) is 1.31. The van der Waals surface area contributed by atoms with Gasteiger partial charge in [0.25, 0.3) is 0 Å². The van der Waals surface area contributed by atoms with E-state index in [0.29, 0.717) is 5.88 Å². The molecule has 2 nitrogen and oxygen atoms in total. The summed E-state index contributed by atoms with van der Waals surface area (Å²) in [7, 11) is 0. The Hall–Kier alpha value is -1.57. The molecule has 0 aromatic carbocycles. The van der Waals surface area contributed by atoms with Gasteiger partial charge in [0.05, 0.1) is 0 Å². The second-order valence-corrected chi connectivity index (χ2v) is 3.16. The molecule has 71 valence electrons. The molecule has 0 bridgehead atoms. The summed E-state index contributed by atoms with van der Waals surface area (Å²) in [5.41, 5.74) is 1.14. The molecule has 0 saturated carbocycles. The smallest absolute Gasteiger partial charge is 0.219 e. The van der Waals surface area contributed by atoms with Gasteiger partial charge in [-0.25, -0.2) is 4.98 Å². The van der Waals surface area contributed by atoms with Gasteiger partial charge in [0.1, 0.15) is 5.76 Å². The van der Waals surface area contributed by atoms with E-state index < -0.39 is 0 Å². The lowest BCUT2D eigenvalue weighted by molar-refractivity contribution is 0.415. The number of hydrogen-bond donors (Lipinski definition) is 0. The van der Waals surface area contributed by atoms with Crippen LogP contribution in [-0.2, 0) is 0 Å². The van der Waals surface area contributed by atoms with Gasteiger partial charge < -0.3 is 4.74 Å². The lowest BCUT2D eigenvalue weighted by Crippen LogP contribution is -2.01. The van der Waals surface area contributed by atoms with Crippen LogP contribution in [-0.4, -0.2) is 4.98 Å². The summed E-state index contributed by atoms with van der Waals surface area (Å²) in [6, 6.07) is 5.64. The Labute approximate surface area is 83.9 Å². The largest absolute Gasteiger partial charge is 0.439 e. The molecule has 14 heavy (non-hydrogen) atoms. The summed E-state index contributed by atoms with van der Waals surface area (Å²) in [6.07, 6.45) is 8.90. The summed E-state index contributed by atoms with van der Waals surface area (Å²) in [5.74, 6) is 1.56. The number of hydrogen-bond acceptors (Lipinski definition) is 2. The zero-order valence-corrected chi connectivity index (χ0v) is 8.10. The van der Waals surface area contributed by atoms with Crippen molar-refractivity contribution in [1.82, 2.24) is 4.98 Å². The second-order valence-electron chi connectivity index (χ2n) is 3.16. The molecule has 0 fully saturated rings. The van der Waals surface area contributed by atoms with Crippen LogP contribution in [0.1, 0.15) is 13.3 Å². The lowest BCUT2D eigenvalue weighted by Gasteiger charge is -2.12. The summed E-state index contributed by atoms with van der Waals surface area (Å²) in [6.45, 7) is 2.03. The van der Waals surface area contributed by atoms with Gasteiger partial charge in [-0.05, 0) is 37.5 Å². The molecule has 1 radical (unpaired) electrons. The van der Waals surface area contributed by atoms with Gasteiger partial charge in [-0.15, -0.1) is 0 Å². The van der Waals surface area contributed by atoms with Crippen LogP contribution in [0.3, 0.4) is 0 Å². The van der Waals surface area contributed by atoms with E-state index >= 15 is 0 Å². The fraction of sp³-hybridized carbons (Fsp3) is 0.167. The van der Waals surface area contributed by atoms with Crippen LogP contribution >= 0.6 is 0 Å². The van der Waals surface area contributed by atoms with Crippen LogP contribution in [0.2, 0.25) is 0 Å². The van der Waals surface area contributed by atoms with E-state index in [2.05, 4.69) is 23.6 Å².